The molecule has 0 unspecified atom stereocenters. The van der Waals surface area contributed by atoms with Crippen LogP contribution in [0.4, 0.5) is 4.39 Å². The van der Waals surface area contributed by atoms with Crippen molar-refractivity contribution in [2.45, 2.75) is 51.7 Å². The quantitative estimate of drug-likeness (QED) is 0.329. The molecule has 4 rings (SSSR count). The number of nitrogens with one attached hydrogen (secondary N) is 1. The average molecular weight is 493 g/mol. The molecule has 0 aliphatic rings. The molecule has 0 atom stereocenters. The third-order valence-electron chi connectivity index (χ3n) is 5.43. The smallest absolute Gasteiger partial charge is 0.251 e. The van der Waals surface area contributed by atoms with Crippen molar-refractivity contribution in [3.63, 3.8) is 0 Å². The minimum Gasteiger partial charge on any atom is -0.345 e. The van der Waals surface area contributed by atoms with Gasteiger partial charge in [0.05, 0.1) is 17.9 Å². The Balaban J connectivity index is 1.47. The molecule has 9 heteroatoms. The highest BCUT2D eigenvalue weighted by Crippen LogP contribution is 2.24. The summed E-state index contributed by atoms with van der Waals surface area (Å²) in [5, 5.41) is 16.8. The van der Waals surface area contributed by atoms with Crippen LogP contribution in [0.15, 0.2) is 59.8 Å². The van der Waals surface area contributed by atoms with Gasteiger partial charge < -0.3 is 9.88 Å². The summed E-state index contributed by atoms with van der Waals surface area (Å²) >= 11 is 1.44. The molecule has 7 nitrogen and oxygen atoms in total. The zero-order valence-corrected chi connectivity index (χ0v) is 21.1. The van der Waals surface area contributed by atoms with Crippen LogP contribution < -0.4 is 5.32 Å². The summed E-state index contributed by atoms with van der Waals surface area (Å²) in [6.45, 7) is 9.08. The number of halogens is 1. The molecule has 35 heavy (non-hydrogen) atoms. The number of aromatic nitrogens is 5. The lowest BCUT2D eigenvalue weighted by Crippen LogP contribution is -2.25. The van der Waals surface area contributed by atoms with Crippen LogP contribution in [0.1, 0.15) is 47.0 Å². The van der Waals surface area contributed by atoms with E-state index < -0.39 is 0 Å². The molecule has 0 saturated heterocycles. The van der Waals surface area contributed by atoms with Gasteiger partial charge in [-0.3, -0.25) is 4.79 Å². The van der Waals surface area contributed by atoms with Gasteiger partial charge in [-0.25, -0.2) is 9.07 Å². The van der Waals surface area contributed by atoms with E-state index in [2.05, 4.69) is 34.5 Å². The summed E-state index contributed by atoms with van der Waals surface area (Å²) in [5.41, 5.74) is 3.92. The maximum Gasteiger partial charge on any atom is 0.251 e. The Kier molecular flexibility index (Phi) is 7.65. The Bertz CT molecular complexity index is 1330. The summed E-state index contributed by atoms with van der Waals surface area (Å²) in [7, 11) is 0. The number of hydrogen-bond donors (Lipinski definition) is 1. The normalized spacial score (nSPS) is 11.3. The molecular weight excluding hydrogens is 463 g/mol. The highest BCUT2D eigenvalue weighted by Gasteiger charge is 2.16. The summed E-state index contributed by atoms with van der Waals surface area (Å²) in [5.74, 6) is 1.04. The Morgan fingerprint density at radius 1 is 1.09 bits per heavy atom. The van der Waals surface area contributed by atoms with Crippen molar-refractivity contribution in [2.24, 2.45) is 5.92 Å². The average Bonchev–Trinajstić information content (AvgIpc) is 3.38. The van der Waals surface area contributed by atoms with E-state index in [9.17, 15) is 9.18 Å². The second kappa shape index (κ2) is 10.9. The van der Waals surface area contributed by atoms with E-state index in [4.69, 9.17) is 0 Å². The molecule has 0 radical (unpaired) electrons. The molecule has 0 aliphatic heterocycles. The topological polar surface area (TPSA) is 77.6 Å². The van der Waals surface area contributed by atoms with Crippen LogP contribution in [0.25, 0.3) is 5.69 Å². The predicted molar refractivity (Wildman–Crippen MR) is 135 cm³/mol. The monoisotopic (exact) mass is 492 g/mol. The number of carbonyl (C=O) groups is 1. The van der Waals surface area contributed by atoms with E-state index in [1.54, 1.807) is 18.2 Å². The van der Waals surface area contributed by atoms with Gasteiger partial charge in [-0.2, -0.15) is 5.10 Å². The first-order valence-corrected chi connectivity index (χ1v) is 12.5. The fourth-order valence-corrected chi connectivity index (χ4v) is 4.75. The van der Waals surface area contributed by atoms with Gasteiger partial charge in [0.1, 0.15) is 5.82 Å². The van der Waals surface area contributed by atoms with E-state index in [0.29, 0.717) is 40.3 Å². The van der Waals surface area contributed by atoms with Crippen molar-refractivity contribution < 1.29 is 9.18 Å². The number of benzene rings is 2. The van der Waals surface area contributed by atoms with E-state index in [1.807, 2.05) is 53.4 Å². The van der Waals surface area contributed by atoms with Crippen LogP contribution in [0.5, 0.6) is 0 Å². The highest BCUT2D eigenvalue weighted by atomic mass is 32.2. The Morgan fingerprint density at radius 2 is 1.89 bits per heavy atom. The highest BCUT2D eigenvalue weighted by molar-refractivity contribution is 7.98. The van der Waals surface area contributed by atoms with Crippen LogP contribution in [0.2, 0.25) is 0 Å². The second-order valence-electron chi connectivity index (χ2n) is 8.86. The summed E-state index contributed by atoms with van der Waals surface area (Å²) in [6.07, 6.45) is 0. The van der Waals surface area contributed by atoms with Crippen molar-refractivity contribution in [2.75, 3.05) is 0 Å². The first kappa shape index (κ1) is 24.7. The number of carbonyl (C=O) groups excluding carboxylic acids is 1. The van der Waals surface area contributed by atoms with E-state index in [0.717, 1.165) is 17.1 Å². The molecule has 0 spiro atoms. The first-order chi connectivity index (χ1) is 16.8. The maximum atomic E-state index is 14.0. The van der Waals surface area contributed by atoms with Crippen LogP contribution in [0.3, 0.4) is 0 Å². The number of thioether (sulfide) groups is 1. The summed E-state index contributed by atoms with van der Waals surface area (Å²) < 4.78 is 17.9. The fraction of sp³-hybridized carbons (Fsp3) is 0.308. The van der Waals surface area contributed by atoms with Crippen molar-refractivity contribution >= 4 is 17.7 Å². The lowest BCUT2D eigenvalue weighted by Gasteiger charge is -2.13. The Labute approximate surface area is 208 Å². The molecule has 4 aromatic rings. The predicted octanol–water partition coefficient (Wildman–Crippen LogP) is 5.10. The lowest BCUT2D eigenvalue weighted by molar-refractivity contribution is 0.0949. The number of amides is 1. The van der Waals surface area contributed by atoms with Crippen LogP contribution in [-0.2, 0) is 18.8 Å². The van der Waals surface area contributed by atoms with Crippen LogP contribution >= 0.6 is 11.8 Å². The van der Waals surface area contributed by atoms with Gasteiger partial charge in [0, 0.05) is 23.6 Å². The minimum atomic E-state index is -0.231. The fourth-order valence-electron chi connectivity index (χ4n) is 3.79. The molecule has 0 saturated carbocycles. The van der Waals surface area contributed by atoms with Crippen molar-refractivity contribution in [3.05, 3.63) is 88.8 Å². The summed E-state index contributed by atoms with van der Waals surface area (Å²) in [6, 6.07) is 16.1. The number of rotatable bonds is 9. The van der Waals surface area contributed by atoms with E-state index >= 15 is 0 Å². The lowest BCUT2D eigenvalue weighted by atomic mass is 10.2. The van der Waals surface area contributed by atoms with Gasteiger partial charge in [-0.1, -0.05) is 49.9 Å². The zero-order valence-electron chi connectivity index (χ0n) is 20.3. The van der Waals surface area contributed by atoms with E-state index in [1.165, 1.54) is 17.8 Å². The molecule has 0 fully saturated rings. The molecular formula is C26H29FN6OS. The SMILES string of the molecule is Cc1cc(C)n(-c2cccc(C(=O)NCc3nnc(SCc4ccccc4F)n3CC(C)C)c2)n1. The van der Waals surface area contributed by atoms with Gasteiger partial charge in [0.15, 0.2) is 11.0 Å². The van der Waals surface area contributed by atoms with E-state index in [-0.39, 0.29) is 18.3 Å². The Hall–Kier alpha value is -3.46. The standard InChI is InChI=1S/C26H29FN6OS/c1-17(2)15-32-24(29-30-26(32)35-16-21-8-5-6-11-23(21)27)14-28-25(34)20-9-7-10-22(13-20)33-19(4)12-18(3)31-33/h5-13,17H,14-16H2,1-4H3,(H,28,34). The number of nitrogens with zero attached hydrogens (tertiary/aromatic N) is 5. The van der Waals surface area contributed by atoms with Crippen molar-refractivity contribution in [1.82, 2.24) is 29.9 Å². The van der Waals surface area contributed by atoms with Gasteiger partial charge in [0.25, 0.3) is 5.91 Å². The van der Waals surface area contributed by atoms with Crippen molar-refractivity contribution in [3.8, 4) is 5.69 Å². The summed E-state index contributed by atoms with van der Waals surface area (Å²) in [4.78, 5) is 12.9. The molecule has 2 heterocycles. The minimum absolute atomic E-state index is 0.201. The number of hydrogen-bond acceptors (Lipinski definition) is 5. The number of aryl methyl sites for hydroxylation is 2. The molecule has 182 valence electrons. The second-order valence-corrected chi connectivity index (χ2v) is 9.80. The Morgan fingerprint density at radius 3 is 2.60 bits per heavy atom. The van der Waals surface area contributed by atoms with Gasteiger partial charge in [-0.05, 0) is 55.7 Å². The van der Waals surface area contributed by atoms with Gasteiger partial charge >= 0.3 is 0 Å². The largest absolute Gasteiger partial charge is 0.345 e. The zero-order chi connectivity index (χ0) is 24.9. The molecule has 1 N–H and O–H groups in total. The third kappa shape index (κ3) is 5.97. The van der Waals surface area contributed by atoms with Gasteiger partial charge in [0.2, 0.25) is 0 Å². The molecule has 0 bridgehead atoms. The molecule has 2 aromatic carbocycles. The van der Waals surface area contributed by atoms with Crippen molar-refractivity contribution in [1.29, 1.82) is 0 Å². The van der Waals surface area contributed by atoms with Crippen LogP contribution in [0, 0.1) is 25.6 Å². The molecule has 2 aromatic heterocycles. The maximum absolute atomic E-state index is 14.0. The molecule has 1 amide bonds. The molecule has 0 aliphatic carbocycles. The third-order valence-corrected chi connectivity index (χ3v) is 6.44. The van der Waals surface area contributed by atoms with Crippen LogP contribution in [-0.4, -0.2) is 30.5 Å². The van der Waals surface area contributed by atoms with Gasteiger partial charge in [-0.15, -0.1) is 10.2 Å². The first-order valence-electron chi connectivity index (χ1n) is 11.5.